The van der Waals surface area contributed by atoms with Gasteiger partial charge in [-0.3, -0.25) is 4.57 Å². The summed E-state index contributed by atoms with van der Waals surface area (Å²) in [4.78, 5) is 21.0. The van der Waals surface area contributed by atoms with Crippen LogP contribution in [0.25, 0.3) is 0 Å². The van der Waals surface area contributed by atoms with Crippen LogP contribution in [0.1, 0.15) is 175 Å². The van der Waals surface area contributed by atoms with Crippen molar-refractivity contribution < 1.29 is 49.0 Å². The zero-order chi connectivity index (χ0) is 40.5. The molecule has 0 amide bonds. The molecule has 0 radical (unpaired) electrons. The van der Waals surface area contributed by atoms with Crippen molar-refractivity contribution in [3.05, 3.63) is 0 Å². The first-order valence-corrected chi connectivity index (χ1v) is 25.0. The molecule has 1 heterocycles. The van der Waals surface area contributed by atoms with Gasteiger partial charge in [0.2, 0.25) is 0 Å². The molecular weight excluding hydrogens is 731 g/mol. The van der Waals surface area contributed by atoms with E-state index in [1.54, 1.807) is 0 Å². The molecular formula is C45H83O10P. The molecule has 0 aromatic rings. The first-order valence-electron chi connectivity index (χ1n) is 23.3. The second-order valence-corrected chi connectivity index (χ2v) is 21.6. The monoisotopic (exact) mass is 815 g/mol. The number of rotatable bonds is 24. The lowest BCUT2D eigenvalue weighted by Gasteiger charge is -2.65. The summed E-state index contributed by atoms with van der Waals surface area (Å²) in [7, 11) is -4.52. The molecule has 2 unspecified atom stereocenters. The molecule has 15 atom stereocenters. The van der Waals surface area contributed by atoms with Gasteiger partial charge in [0.25, 0.3) is 0 Å². The Bertz CT molecular complexity index is 1200. The molecule has 4 saturated carbocycles. The minimum Gasteiger partial charge on any atom is -0.393 e. The van der Waals surface area contributed by atoms with Crippen LogP contribution < -0.4 is 0 Å². The number of fused-ring (bicyclic) bond motifs is 5. The van der Waals surface area contributed by atoms with Crippen molar-refractivity contribution in [1.29, 1.82) is 0 Å². The van der Waals surface area contributed by atoms with E-state index in [4.69, 9.17) is 14.2 Å². The molecule has 0 aromatic carbocycles. The molecule has 0 bridgehead atoms. The normalized spacial score (nSPS) is 40.3. The Hall–Kier alpha value is -0.130. The molecule has 5 aliphatic rings. The molecule has 10 nitrogen and oxygen atoms in total. The van der Waals surface area contributed by atoms with Crippen molar-refractivity contribution in [3.8, 4) is 0 Å². The van der Waals surface area contributed by atoms with E-state index < -0.39 is 48.7 Å². The van der Waals surface area contributed by atoms with E-state index in [-0.39, 0.29) is 48.2 Å². The van der Waals surface area contributed by atoms with Gasteiger partial charge in [-0.05, 0) is 104 Å². The van der Waals surface area contributed by atoms with Crippen LogP contribution in [0.5, 0.6) is 0 Å². The number of hydrogen-bond acceptors (Lipinski definition) is 8. The van der Waals surface area contributed by atoms with E-state index in [2.05, 4.69) is 20.8 Å². The van der Waals surface area contributed by atoms with Crippen molar-refractivity contribution in [2.45, 2.75) is 218 Å². The lowest BCUT2D eigenvalue weighted by molar-refractivity contribution is -0.206. The summed E-state index contributed by atoms with van der Waals surface area (Å²) in [5.41, 5.74) is -2.11. The summed E-state index contributed by atoms with van der Waals surface area (Å²) in [6, 6.07) is 0. The Labute approximate surface area is 339 Å². The van der Waals surface area contributed by atoms with Gasteiger partial charge in [0, 0.05) is 19.6 Å². The Kier molecular flexibility index (Phi) is 18.1. The molecule has 328 valence electrons. The SMILES string of the molecule is CCCCCCCCCCCCCCCCOC[C@@H]1OC(O)C[C@@H]1OCCC[C@@H](C)[C@H]1CC[C@H]2[C@@H]3[C@H](O)C[C@@H]4C[C@H](O)CC(P(=O)(O)O)[C@]4(C)[C@H]3C[C@H](O)[C@]12C. The minimum absolute atomic E-state index is 0.0651. The molecule has 11 heteroatoms. The third-order valence-electron chi connectivity index (χ3n) is 16.3. The van der Waals surface area contributed by atoms with Crippen LogP contribution in [0.3, 0.4) is 0 Å². The highest BCUT2D eigenvalue weighted by Crippen LogP contribution is 2.71. The lowest BCUT2D eigenvalue weighted by atomic mass is 9.43. The van der Waals surface area contributed by atoms with Gasteiger partial charge >= 0.3 is 7.60 Å². The quantitative estimate of drug-likeness (QED) is 0.0411. The van der Waals surface area contributed by atoms with Crippen LogP contribution in [-0.2, 0) is 18.8 Å². The minimum atomic E-state index is -4.52. The molecule has 5 fully saturated rings. The summed E-state index contributed by atoms with van der Waals surface area (Å²) in [6.07, 6.45) is 20.7. The van der Waals surface area contributed by atoms with Crippen LogP contribution in [0.15, 0.2) is 0 Å². The fourth-order valence-corrected chi connectivity index (χ4v) is 14.8. The summed E-state index contributed by atoms with van der Waals surface area (Å²) in [5, 5.41) is 44.5. The average Bonchev–Trinajstić information content (AvgIpc) is 3.69. The maximum atomic E-state index is 12.9. The van der Waals surface area contributed by atoms with Gasteiger partial charge in [0.05, 0.1) is 36.7 Å². The summed E-state index contributed by atoms with van der Waals surface area (Å²) >= 11 is 0. The molecule has 1 aliphatic heterocycles. The maximum absolute atomic E-state index is 12.9. The van der Waals surface area contributed by atoms with Gasteiger partial charge in [-0.2, -0.15) is 0 Å². The average molecular weight is 815 g/mol. The maximum Gasteiger partial charge on any atom is 0.329 e. The summed E-state index contributed by atoms with van der Waals surface area (Å²) in [5.74, 6) is 0.123. The highest BCUT2D eigenvalue weighted by atomic mass is 31.2. The van der Waals surface area contributed by atoms with Crippen LogP contribution in [0.4, 0.5) is 0 Å². The van der Waals surface area contributed by atoms with Crippen molar-refractivity contribution in [3.63, 3.8) is 0 Å². The second-order valence-electron chi connectivity index (χ2n) is 19.8. The van der Waals surface area contributed by atoms with Crippen molar-refractivity contribution >= 4 is 7.60 Å². The van der Waals surface area contributed by atoms with Crippen molar-refractivity contribution in [1.82, 2.24) is 0 Å². The van der Waals surface area contributed by atoms with Crippen LogP contribution in [-0.4, -0.2) is 92.5 Å². The number of aliphatic hydroxyl groups excluding tert-OH is 4. The third-order valence-corrected chi connectivity index (χ3v) is 17.8. The van der Waals surface area contributed by atoms with Gasteiger partial charge < -0.3 is 44.4 Å². The molecule has 5 rings (SSSR count). The predicted molar refractivity (Wildman–Crippen MR) is 220 cm³/mol. The first kappa shape index (κ1) is 46.9. The van der Waals surface area contributed by atoms with E-state index in [1.807, 2.05) is 6.92 Å². The zero-order valence-corrected chi connectivity index (χ0v) is 36.5. The molecule has 6 N–H and O–H groups in total. The zero-order valence-electron chi connectivity index (χ0n) is 35.7. The number of unbranched alkanes of at least 4 members (excludes halogenated alkanes) is 13. The molecule has 0 spiro atoms. The topological polar surface area (TPSA) is 166 Å². The largest absolute Gasteiger partial charge is 0.393 e. The molecule has 4 aliphatic carbocycles. The van der Waals surface area contributed by atoms with Crippen molar-refractivity contribution in [2.24, 2.45) is 46.3 Å². The lowest BCUT2D eigenvalue weighted by Crippen LogP contribution is -2.65. The fourth-order valence-electron chi connectivity index (χ4n) is 13.2. The number of aliphatic hydroxyl groups is 4. The van der Waals surface area contributed by atoms with Crippen LogP contribution >= 0.6 is 7.60 Å². The molecule has 0 aromatic heterocycles. The Morgan fingerprint density at radius 3 is 1.98 bits per heavy atom. The smallest absolute Gasteiger partial charge is 0.329 e. The Balaban J connectivity index is 0.998. The van der Waals surface area contributed by atoms with Gasteiger partial charge in [-0.25, -0.2) is 0 Å². The summed E-state index contributed by atoms with van der Waals surface area (Å²) in [6.45, 7) is 10.4. The van der Waals surface area contributed by atoms with Crippen molar-refractivity contribution in [2.75, 3.05) is 19.8 Å². The second kappa shape index (κ2) is 21.6. The van der Waals surface area contributed by atoms with E-state index in [0.717, 1.165) is 32.1 Å². The Morgan fingerprint density at radius 1 is 0.732 bits per heavy atom. The highest BCUT2D eigenvalue weighted by molar-refractivity contribution is 7.52. The molecule has 56 heavy (non-hydrogen) atoms. The number of hydrogen-bond donors (Lipinski definition) is 6. The van der Waals surface area contributed by atoms with E-state index in [1.165, 1.54) is 83.5 Å². The standard InChI is InChI=1S/C45H83O10P/c1-5-6-7-8-9-10-11-12-13-14-15-16-17-18-23-53-30-39-38(29-42(49)55-39)54-24-19-20-31(2)34-21-22-35-43-36(28-40(48)45(34,35)4)44(3)32(26-37(43)47)25-33(46)27-41(44)56(50,51)52/h31-43,46-49H,5-30H2,1-4H3,(H2,50,51,52)/t31-,32+,33+,34-,35+,36+,37-,38+,39+,40+,41?,42?,43+,44+,45-/m1/s1. The predicted octanol–water partition coefficient (Wildman–Crippen LogP) is 8.51. The third kappa shape index (κ3) is 11.2. The van der Waals surface area contributed by atoms with Gasteiger partial charge in [0.1, 0.15) is 6.10 Å². The number of ether oxygens (including phenoxy) is 3. The highest BCUT2D eigenvalue weighted by Gasteiger charge is 2.69. The van der Waals surface area contributed by atoms with Gasteiger partial charge in [-0.15, -0.1) is 0 Å². The van der Waals surface area contributed by atoms with Crippen LogP contribution in [0.2, 0.25) is 0 Å². The van der Waals surface area contributed by atoms with Crippen LogP contribution in [0, 0.1) is 46.3 Å². The van der Waals surface area contributed by atoms with E-state index in [9.17, 15) is 34.8 Å². The van der Waals surface area contributed by atoms with Gasteiger partial charge in [-0.1, -0.05) is 111 Å². The van der Waals surface area contributed by atoms with E-state index in [0.29, 0.717) is 51.4 Å². The molecule has 1 saturated heterocycles. The van der Waals surface area contributed by atoms with Gasteiger partial charge in [0.15, 0.2) is 6.29 Å². The van der Waals surface area contributed by atoms with E-state index >= 15 is 0 Å². The first-order chi connectivity index (χ1) is 26.7. The summed E-state index contributed by atoms with van der Waals surface area (Å²) < 4.78 is 30.9. The Morgan fingerprint density at radius 2 is 1.36 bits per heavy atom. The fraction of sp³-hybridized carbons (Fsp3) is 1.00.